The second kappa shape index (κ2) is 6.31. The summed E-state index contributed by atoms with van der Waals surface area (Å²) in [6, 6.07) is 38.5. The van der Waals surface area contributed by atoms with Crippen LogP contribution in [0.1, 0.15) is 38.2 Å². The van der Waals surface area contributed by atoms with Gasteiger partial charge in [-0.2, -0.15) is 0 Å². The quantitative estimate of drug-likeness (QED) is 0.229. The van der Waals surface area contributed by atoms with Gasteiger partial charge in [-0.1, -0.05) is 97.1 Å². The van der Waals surface area contributed by atoms with Gasteiger partial charge in [-0.05, 0) is 45.5 Å². The highest BCUT2D eigenvalue weighted by molar-refractivity contribution is 7.26. The van der Waals surface area contributed by atoms with Crippen molar-refractivity contribution in [3.63, 3.8) is 0 Å². The normalized spacial score (nSPS) is 14.8. The molecule has 2 aliphatic carbocycles. The molecule has 0 atom stereocenters. The Morgan fingerprint density at radius 1 is 0.500 bits per heavy atom. The summed E-state index contributed by atoms with van der Waals surface area (Å²) in [6.45, 7) is 0. The van der Waals surface area contributed by atoms with Crippen molar-refractivity contribution in [3.05, 3.63) is 143 Å². The molecule has 8 rings (SSSR count). The summed E-state index contributed by atoms with van der Waals surface area (Å²) in [5.41, 5.74) is 8.39. The highest BCUT2D eigenvalue weighted by Gasteiger charge is 2.51. The molecule has 2 heteroatoms. The van der Waals surface area contributed by atoms with Gasteiger partial charge in [-0.3, -0.25) is 4.79 Å². The average molecular weight is 451 g/mol. The number of rotatable bonds is 0. The largest absolute Gasteiger partial charge is 0.289 e. The van der Waals surface area contributed by atoms with E-state index in [-0.39, 0.29) is 5.78 Å². The van der Waals surface area contributed by atoms with E-state index in [1.807, 2.05) is 35.6 Å². The molecule has 34 heavy (non-hydrogen) atoms. The number of carbonyl (C=O) groups is 1. The minimum atomic E-state index is -0.510. The predicted molar refractivity (Wildman–Crippen MR) is 140 cm³/mol. The fourth-order valence-corrected chi connectivity index (χ4v) is 7.58. The number of thiophene rings is 1. The third-order valence-corrected chi connectivity index (χ3v) is 8.84. The van der Waals surface area contributed by atoms with Crippen LogP contribution >= 0.6 is 11.3 Å². The molecule has 0 amide bonds. The van der Waals surface area contributed by atoms with Crippen molar-refractivity contribution in [2.75, 3.05) is 0 Å². The number of hydrogen-bond donors (Lipinski definition) is 0. The molecule has 0 unspecified atom stereocenters. The van der Waals surface area contributed by atoms with Gasteiger partial charge in [0.25, 0.3) is 0 Å². The van der Waals surface area contributed by atoms with E-state index in [2.05, 4.69) is 84.9 Å². The molecule has 0 N–H and O–H groups in total. The monoisotopic (exact) mass is 450 g/mol. The SMILES string of the molecule is O=C1c2ccccc2C2(c3ccccc31)c1ccccc1-c1c2ccc2sc3ccccc3c12. The molecule has 1 heterocycles. The van der Waals surface area contributed by atoms with Crippen molar-refractivity contribution in [3.8, 4) is 11.1 Å². The second-order valence-electron chi connectivity index (χ2n) is 9.18. The minimum Gasteiger partial charge on any atom is -0.289 e. The lowest BCUT2D eigenvalue weighted by Crippen LogP contribution is -2.36. The first kappa shape index (κ1) is 18.4. The van der Waals surface area contributed by atoms with Crippen LogP contribution in [0.2, 0.25) is 0 Å². The Balaban J connectivity index is 1.65. The molecule has 0 saturated carbocycles. The first-order chi connectivity index (χ1) is 16.8. The third kappa shape index (κ3) is 2.00. The van der Waals surface area contributed by atoms with Crippen molar-refractivity contribution < 1.29 is 4.79 Å². The van der Waals surface area contributed by atoms with Crippen LogP contribution in [0.4, 0.5) is 0 Å². The van der Waals surface area contributed by atoms with E-state index in [4.69, 9.17) is 0 Å². The minimum absolute atomic E-state index is 0.116. The van der Waals surface area contributed by atoms with Gasteiger partial charge in [0.15, 0.2) is 5.78 Å². The summed E-state index contributed by atoms with van der Waals surface area (Å²) in [5.74, 6) is 0.116. The van der Waals surface area contributed by atoms with E-state index >= 15 is 0 Å². The number of ketones is 1. The Morgan fingerprint density at radius 2 is 1.06 bits per heavy atom. The fourth-order valence-electron chi connectivity index (χ4n) is 6.47. The highest BCUT2D eigenvalue weighted by atomic mass is 32.1. The van der Waals surface area contributed by atoms with Crippen molar-refractivity contribution in [1.82, 2.24) is 0 Å². The molecule has 1 nitrogen and oxygen atoms in total. The zero-order valence-electron chi connectivity index (χ0n) is 18.2. The highest BCUT2D eigenvalue weighted by Crippen LogP contribution is 2.61. The van der Waals surface area contributed by atoms with Crippen LogP contribution in [0, 0.1) is 0 Å². The Kier molecular flexibility index (Phi) is 3.42. The molecule has 158 valence electrons. The smallest absolute Gasteiger partial charge is 0.193 e. The molecule has 0 bridgehead atoms. The Bertz CT molecular complexity index is 1790. The maximum atomic E-state index is 13.6. The van der Waals surface area contributed by atoms with E-state index in [1.54, 1.807) is 0 Å². The van der Waals surface area contributed by atoms with Crippen LogP contribution in [-0.2, 0) is 5.41 Å². The van der Waals surface area contributed by atoms with Crippen LogP contribution in [0.15, 0.2) is 109 Å². The summed E-state index contributed by atoms with van der Waals surface area (Å²) < 4.78 is 2.62. The topological polar surface area (TPSA) is 17.1 Å². The van der Waals surface area contributed by atoms with Crippen LogP contribution in [0.25, 0.3) is 31.3 Å². The lowest BCUT2D eigenvalue weighted by molar-refractivity contribution is 0.103. The molecule has 0 fully saturated rings. The summed E-state index contributed by atoms with van der Waals surface area (Å²) in [5, 5.41) is 2.63. The van der Waals surface area contributed by atoms with Gasteiger partial charge in [0.05, 0.1) is 5.41 Å². The van der Waals surface area contributed by atoms with Crippen LogP contribution < -0.4 is 0 Å². The first-order valence-electron chi connectivity index (χ1n) is 11.6. The Labute approximate surface area is 200 Å². The molecule has 2 aliphatic rings. The molecule has 0 aliphatic heterocycles. The van der Waals surface area contributed by atoms with Crippen molar-refractivity contribution in [2.45, 2.75) is 5.41 Å². The van der Waals surface area contributed by atoms with E-state index in [0.717, 1.165) is 22.3 Å². The number of hydrogen-bond acceptors (Lipinski definition) is 2. The van der Waals surface area contributed by atoms with Crippen molar-refractivity contribution in [1.29, 1.82) is 0 Å². The molecular formula is C32H18OS. The van der Waals surface area contributed by atoms with E-state index in [9.17, 15) is 4.79 Å². The van der Waals surface area contributed by atoms with Gasteiger partial charge in [0.2, 0.25) is 0 Å². The second-order valence-corrected chi connectivity index (χ2v) is 10.3. The van der Waals surface area contributed by atoms with Gasteiger partial charge in [-0.15, -0.1) is 11.3 Å². The predicted octanol–water partition coefficient (Wildman–Crippen LogP) is 7.96. The number of fused-ring (bicyclic) bond motifs is 13. The molecule has 6 aromatic rings. The molecule has 1 aromatic heterocycles. The van der Waals surface area contributed by atoms with Gasteiger partial charge in [0.1, 0.15) is 0 Å². The van der Waals surface area contributed by atoms with E-state index in [1.165, 1.54) is 42.4 Å². The first-order valence-corrected chi connectivity index (χ1v) is 12.4. The third-order valence-electron chi connectivity index (χ3n) is 7.70. The average Bonchev–Trinajstić information content (AvgIpc) is 3.41. The summed E-state index contributed by atoms with van der Waals surface area (Å²) in [4.78, 5) is 13.6. The Hall–Kier alpha value is -4.01. The van der Waals surface area contributed by atoms with Gasteiger partial charge >= 0.3 is 0 Å². The lowest BCUT2D eigenvalue weighted by Gasteiger charge is -2.39. The van der Waals surface area contributed by atoms with Crippen LogP contribution in [-0.4, -0.2) is 5.78 Å². The van der Waals surface area contributed by atoms with Gasteiger partial charge < -0.3 is 0 Å². The number of carbonyl (C=O) groups excluding carboxylic acids is 1. The molecule has 1 spiro atoms. The van der Waals surface area contributed by atoms with Crippen LogP contribution in [0.5, 0.6) is 0 Å². The van der Waals surface area contributed by atoms with E-state index < -0.39 is 5.41 Å². The lowest BCUT2D eigenvalue weighted by atomic mass is 9.61. The zero-order chi connectivity index (χ0) is 22.4. The van der Waals surface area contributed by atoms with Crippen molar-refractivity contribution >= 4 is 37.3 Å². The van der Waals surface area contributed by atoms with E-state index in [0.29, 0.717) is 0 Å². The molecule has 0 saturated heterocycles. The van der Waals surface area contributed by atoms with Gasteiger partial charge in [-0.25, -0.2) is 0 Å². The van der Waals surface area contributed by atoms with Gasteiger partial charge in [0, 0.05) is 31.3 Å². The standard InChI is InChI=1S/C32H18OS/c33-31-20-10-2-6-14-24(20)32(25-15-7-3-11-21(25)31)23-13-5-1-9-19(23)29-26(32)17-18-28-30(29)22-12-4-8-16-27(22)34-28/h1-18H. The molecular weight excluding hydrogens is 432 g/mol. The number of benzene rings is 5. The maximum Gasteiger partial charge on any atom is 0.193 e. The van der Waals surface area contributed by atoms with Crippen LogP contribution in [0.3, 0.4) is 0 Å². The summed E-state index contributed by atoms with van der Waals surface area (Å²) in [7, 11) is 0. The fraction of sp³-hybridized carbons (Fsp3) is 0.0312. The summed E-state index contributed by atoms with van der Waals surface area (Å²) in [6.07, 6.45) is 0. The molecule has 0 radical (unpaired) electrons. The zero-order valence-corrected chi connectivity index (χ0v) is 19.0. The van der Waals surface area contributed by atoms with Crippen molar-refractivity contribution in [2.24, 2.45) is 0 Å². The Morgan fingerprint density at radius 3 is 1.76 bits per heavy atom. The maximum absolute atomic E-state index is 13.6. The summed E-state index contributed by atoms with van der Waals surface area (Å²) >= 11 is 1.85. The molecule has 5 aromatic carbocycles.